The molecule has 1 N–H and O–H groups in total. The number of aryl methyl sites for hydroxylation is 1. The van der Waals surface area contributed by atoms with Gasteiger partial charge in [-0.3, -0.25) is 15.0 Å². The Morgan fingerprint density at radius 1 is 1.33 bits per heavy atom. The second-order valence-electron chi connectivity index (χ2n) is 5.83. The Kier molecular flexibility index (Phi) is 5.02. The van der Waals surface area contributed by atoms with Crippen LogP contribution in [-0.2, 0) is 11.3 Å². The Morgan fingerprint density at radius 3 is 2.83 bits per heavy atom. The summed E-state index contributed by atoms with van der Waals surface area (Å²) in [6.07, 6.45) is 1.29. The number of anilines is 2. The minimum atomic E-state index is -0.422. The minimum absolute atomic E-state index is 0.0293. The molecule has 1 saturated heterocycles. The van der Waals surface area contributed by atoms with Gasteiger partial charge in [-0.15, -0.1) is 0 Å². The van der Waals surface area contributed by atoms with Gasteiger partial charge in [0, 0.05) is 30.9 Å². The van der Waals surface area contributed by atoms with Crippen molar-refractivity contribution in [2.75, 3.05) is 31.6 Å². The van der Waals surface area contributed by atoms with Gasteiger partial charge >= 0.3 is 0 Å². The Morgan fingerprint density at radius 2 is 2.12 bits per heavy atom. The minimum Gasteiger partial charge on any atom is -0.379 e. The Hall–Kier alpha value is -2.51. The summed E-state index contributed by atoms with van der Waals surface area (Å²) >= 11 is 0. The molecule has 0 unspecified atom stereocenters. The molecule has 1 aliphatic heterocycles. The van der Waals surface area contributed by atoms with Crippen molar-refractivity contribution in [3.63, 3.8) is 0 Å². The van der Waals surface area contributed by atoms with Crippen LogP contribution in [0.3, 0.4) is 0 Å². The Labute approximate surface area is 140 Å². The molecule has 3 rings (SSSR count). The molecular formula is C17H20N4O3. The first-order valence-electron chi connectivity index (χ1n) is 7.89. The predicted molar refractivity (Wildman–Crippen MR) is 91.4 cm³/mol. The third-order valence-electron chi connectivity index (χ3n) is 3.99. The van der Waals surface area contributed by atoms with Gasteiger partial charge < -0.3 is 10.1 Å². The highest BCUT2D eigenvalue weighted by Gasteiger charge is 2.13. The highest BCUT2D eigenvalue weighted by Crippen LogP contribution is 2.22. The van der Waals surface area contributed by atoms with Crippen LogP contribution in [-0.4, -0.2) is 41.1 Å². The van der Waals surface area contributed by atoms with Crippen molar-refractivity contribution in [1.82, 2.24) is 9.88 Å². The quantitative estimate of drug-likeness (QED) is 0.671. The van der Waals surface area contributed by atoms with Crippen LogP contribution in [0.2, 0.25) is 0 Å². The maximum absolute atomic E-state index is 10.9. The highest BCUT2D eigenvalue weighted by molar-refractivity contribution is 5.59. The van der Waals surface area contributed by atoms with Crippen molar-refractivity contribution >= 4 is 17.2 Å². The average molecular weight is 328 g/mol. The van der Waals surface area contributed by atoms with E-state index in [1.54, 1.807) is 13.0 Å². The third kappa shape index (κ3) is 4.06. The van der Waals surface area contributed by atoms with Gasteiger partial charge in [-0.25, -0.2) is 4.98 Å². The molecule has 0 saturated carbocycles. The SMILES string of the molecule is Cc1cc(Nc2cccc(CN3CCOCC3)c2)ncc1[N+](=O)[O-]. The van der Waals surface area contributed by atoms with E-state index in [2.05, 4.69) is 27.3 Å². The molecule has 0 radical (unpaired) electrons. The molecule has 0 aliphatic carbocycles. The zero-order valence-electron chi connectivity index (χ0n) is 13.6. The summed E-state index contributed by atoms with van der Waals surface area (Å²) in [6.45, 7) is 6.04. The molecule has 1 fully saturated rings. The molecule has 24 heavy (non-hydrogen) atoms. The van der Waals surface area contributed by atoms with Crippen molar-refractivity contribution in [1.29, 1.82) is 0 Å². The molecule has 0 bridgehead atoms. The lowest BCUT2D eigenvalue weighted by Gasteiger charge is -2.26. The molecule has 126 valence electrons. The number of rotatable bonds is 5. The topological polar surface area (TPSA) is 80.5 Å². The normalized spacial score (nSPS) is 15.2. The summed E-state index contributed by atoms with van der Waals surface area (Å²) in [6, 6.07) is 9.81. The molecule has 0 spiro atoms. The van der Waals surface area contributed by atoms with Crippen molar-refractivity contribution in [3.05, 3.63) is 57.8 Å². The van der Waals surface area contributed by atoms with Gasteiger partial charge in [0.15, 0.2) is 0 Å². The Bertz CT molecular complexity index is 730. The van der Waals surface area contributed by atoms with Gasteiger partial charge in [0.25, 0.3) is 5.69 Å². The maximum atomic E-state index is 10.9. The van der Waals surface area contributed by atoms with E-state index >= 15 is 0 Å². The van der Waals surface area contributed by atoms with Crippen LogP contribution in [0.5, 0.6) is 0 Å². The summed E-state index contributed by atoms with van der Waals surface area (Å²) in [5, 5.41) is 14.1. The second-order valence-corrected chi connectivity index (χ2v) is 5.83. The van der Waals surface area contributed by atoms with Gasteiger partial charge in [0.2, 0.25) is 0 Å². The summed E-state index contributed by atoms with van der Waals surface area (Å²) in [7, 11) is 0. The lowest BCUT2D eigenvalue weighted by molar-refractivity contribution is -0.385. The zero-order chi connectivity index (χ0) is 16.9. The van der Waals surface area contributed by atoms with Crippen LogP contribution in [0, 0.1) is 17.0 Å². The number of morpholine rings is 1. The smallest absolute Gasteiger partial charge is 0.290 e. The summed E-state index contributed by atoms with van der Waals surface area (Å²) in [4.78, 5) is 16.9. The van der Waals surface area contributed by atoms with E-state index in [0.717, 1.165) is 38.5 Å². The largest absolute Gasteiger partial charge is 0.379 e. The summed E-state index contributed by atoms with van der Waals surface area (Å²) < 4.78 is 5.37. The van der Waals surface area contributed by atoms with Crippen molar-refractivity contribution in [2.45, 2.75) is 13.5 Å². The van der Waals surface area contributed by atoms with Crippen LogP contribution in [0.15, 0.2) is 36.5 Å². The summed E-state index contributed by atoms with van der Waals surface area (Å²) in [5.74, 6) is 0.599. The number of pyridine rings is 1. The molecule has 7 heteroatoms. The molecule has 2 aromatic rings. The lowest BCUT2D eigenvalue weighted by Crippen LogP contribution is -2.35. The molecule has 0 amide bonds. The number of hydrogen-bond acceptors (Lipinski definition) is 6. The van der Waals surface area contributed by atoms with Gasteiger partial charge in [0.1, 0.15) is 12.0 Å². The van der Waals surface area contributed by atoms with E-state index < -0.39 is 4.92 Å². The van der Waals surface area contributed by atoms with Crippen LogP contribution >= 0.6 is 0 Å². The van der Waals surface area contributed by atoms with E-state index in [-0.39, 0.29) is 5.69 Å². The highest BCUT2D eigenvalue weighted by atomic mass is 16.6. The molecule has 1 aliphatic rings. The van der Waals surface area contributed by atoms with E-state index in [1.165, 1.54) is 11.8 Å². The fraction of sp³-hybridized carbons (Fsp3) is 0.353. The van der Waals surface area contributed by atoms with Crippen LogP contribution in [0.1, 0.15) is 11.1 Å². The average Bonchev–Trinajstić information content (AvgIpc) is 2.56. The van der Waals surface area contributed by atoms with E-state index in [4.69, 9.17) is 4.74 Å². The zero-order valence-corrected chi connectivity index (χ0v) is 13.6. The predicted octanol–water partition coefficient (Wildman–Crippen LogP) is 2.87. The lowest BCUT2D eigenvalue weighted by atomic mass is 10.1. The van der Waals surface area contributed by atoms with Gasteiger partial charge in [-0.05, 0) is 30.7 Å². The van der Waals surface area contributed by atoms with Crippen LogP contribution in [0.25, 0.3) is 0 Å². The van der Waals surface area contributed by atoms with Gasteiger partial charge in [-0.2, -0.15) is 0 Å². The van der Waals surface area contributed by atoms with Gasteiger partial charge in [0.05, 0.1) is 18.1 Å². The van der Waals surface area contributed by atoms with Crippen molar-refractivity contribution in [3.8, 4) is 0 Å². The van der Waals surface area contributed by atoms with E-state index in [0.29, 0.717) is 11.4 Å². The number of nitrogens with zero attached hydrogens (tertiary/aromatic N) is 3. The molecule has 2 heterocycles. The third-order valence-corrected chi connectivity index (χ3v) is 3.99. The molecular weight excluding hydrogens is 308 g/mol. The number of benzene rings is 1. The second kappa shape index (κ2) is 7.37. The standard InChI is InChI=1S/C17H20N4O3/c1-13-9-17(18-11-16(13)21(22)23)19-15-4-2-3-14(10-15)12-20-5-7-24-8-6-20/h2-4,9-11H,5-8,12H2,1H3,(H,18,19). The molecule has 0 atom stereocenters. The molecule has 1 aromatic heterocycles. The van der Waals surface area contributed by atoms with E-state index in [9.17, 15) is 10.1 Å². The first-order chi connectivity index (χ1) is 11.6. The van der Waals surface area contributed by atoms with Gasteiger partial charge in [-0.1, -0.05) is 12.1 Å². The molecule has 1 aromatic carbocycles. The fourth-order valence-electron chi connectivity index (χ4n) is 2.72. The maximum Gasteiger partial charge on any atom is 0.290 e. The monoisotopic (exact) mass is 328 g/mol. The van der Waals surface area contributed by atoms with Crippen LogP contribution in [0.4, 0.5) is 17.2 Å². The first kappa shape index (κ1) is 16.4. The number of nitrogens with one attached hydrogen (secondary N) is 1. The summed E-state index contributed by atoms with van der Waals surface area (Å²) in [5.41, 5.74) is 2.74. The van der Waals surface area contributed by atoms with E-state index in [1.807, 2.05) is 12.1 Å². The van der Waals surface area contributed by atoms with Crippen molar-refractivity contribution in [2.24, 2.45) is 0 Å². The first-order valence-corrected chi connectivity index (χ1v) is 7.89. The Balaban J connectivity index is 1.70. The molecule has 7 nitrogen and oxygen atoms in total. The number of hydrogen-bond donors (Lipinski definition) is 1. The van der Waals surface area contributed by atoms with Crippen LogP contribution < -0.4 is 5.32 Å². The fourth-order valence-corrected chi connectivity index (χ4v) is 2.72. The number of nitro groups is 1. The van der Waals surface area contributed by atoms with Crippen molar-refractivity contribution < 1.29 is 9.66 Å². The number of aromatic nitrogens is 1. The number of ether oxygens (including phenoxy) is 1.